The Kier molecular flexibility index (Phi) is 6.10. The maximum Gasteiger partial charge on any atom is 0.318 e. The molecule has 0 aliphatic carbocycles. The van der Waals surface area contributed by atoms with Crippen molar-refractivity contribution in [2.75, 3.05) is 33.7 Å². The molecule has 4 rings (SSSR count). The van der Waals surface area contributed by atoms with Crippen molar-refractivity contribution in [3.8, 4) is 0 Å². The lowest BCUT2D eigenvalue weighted by atomic mass is 9.83. The van der Waals surface area contributed by atoms with E-state index < -0.39 is 5.54 Å². The van der Waals surface area contributed by atoms with E-state index in [1.807, 2.05) is 41.3 Å². The van der Waals surface area contributed by atoms with Gasteiger partial charge in [0.2, 0.25) is 0 Å². The predicted octanol–water partition coefficient (Wildman–Crippen LogP) is 4.62. The van der Waals surface area contributed by atoms with Crippen LogP contribution in [0.1, 0.15) is 23.1 Å². The Balaban J connectivity index is 1.45. The van der Waals surface area contributed by atoms with Gasteiger partial charge in [0.05, 0.1) is 27.2 Å². The van der Waals surface area contributed by atoms with E-state index in [0.717, 1.165) is 41.7 Å². The lowest BCUT2D eigenvalue weighted by molar-refractivity contribution is -0.903. The highest BCUT2D eigenvalue weighted by Crippen LogP contribution is 2.34. The van der Waals surface area contributed by atoms with Gasteiger partial charge in [-0.3, -0.25) is 0 Å². The molecule has 4 nitrogen and oxygen atoms in total. The molecule has 1 N–H and O–H groups in total. The number of hydrogen-bond acceptors (Lipinski definition) is 1. The molecule has 4 heteroatoms. The van der Waals surface area contributed by atoms with Gasteiger partial charge in [-0.05, 0) is 11.1 Å². The second kappa shape index (κ2) is 8.94. The van der Waals surface area contributed by atoms with Gasteiger partial charge in [0.1, 0.15) is 12.1 Å². The van der Waals surface area contributed by atoms with E-state index in [-0.39, 0.29) is 6.03 Å². The summed E-state index contributed by atoms with van der Waals surface area (Å²) in [7, 11) is 4.52. The first kappa shape index (κ1) is 21.1. The number of hydrogen-bond donors (Lipinski definition) is 1. The fourth-order valence-electron chi connectivity index (χ4n) is 4.63. The number of carbonyl (C=O) groups is 1. The molecule has 160 valence electrons. The number of nitrogens with one attached hydrogen (secondary N) is 1. The van der Waals surface area contributed by atoms with Crippen LogP contribution in [-0.4, -0.2) is 49.1 Å². The molecule has 2 amide bonds. The number of carbonyl (C=O) groups excluding carboxylic acids is 1. The first-order chi connectivity index (χ1) is 15.0. The molecule has 1 fully saturated rings. The fraction of sp³-hybridized carbons (Fsp3) is 0.296. The van der Waals surface area contributed by atoms with Crippen LogP contribution in [0, 0.1) is 0 Å². The summed E-state index contributed by atoms with van der Waals surface area (Å²) in [5.41, 5.74) is 3.08. The average molecular weight is 415 g/mol. The average Bonchev–Trinajstić information content (AvgIpc) is 3.13. The summed E-state index contributed by atoms with van der Waals surface area (Å²) in [5.74, 6) is 0. The van der Waals surface area contributed by atoms with E-state index >= 15 is 0 Å². The molecule has 3 aromatic rings. The SMILES string of the molecule is C[N+](C)(CCCN1CC(c2ccccc2)(c2ccccc2)NC1=O)Cc1ccccc1. The molecule has 0 bridgehead atoms. The molecule has 1 aliphatic heterocycles. The highest BCUT2D eigenvalue weighted by Gasteiger charge is 2.45. The van der Waals surface area contributed by atoms with Crippen molar-refractivity contribution in [2.24, 2.45) is 0 Å². The van der Waals surface area contributed by atoms with E-state index in [4.69, 9.17) is 0 Å². The minimum absolute atomic E-state index is 0.0149. The Bertz CT molecular complexity index is 947. The number of urea groups is 1. The zero-order chi connectivity index (χ0) is 21.7. The van der Waals surface area contributed by atoms with Crippen LogP contribution >= 0.6 is 0 Å². The van der Waals surface area contributed by atoms with E-state index in [0.29, 0.717) is 6.54 Å². The van der Waals surface area contributed by atoms with Crippen molar-refractivity contribution in [3.05, 3.63) is 108 Å². The highest BCUT2D eigenvalue weighted by molar-refractivity contribution is 5.79. The molecule has 0 spiro atoms. The fourth-order valence-corrected chi connectivity index (χ4v) is 4.63. The van der Waals surface area contributed by atoms with Crippen molar-refractivity contribution in [1.29, 1.82) is 0 Å². The van der Waals surface area contributed by atoms with Crippen LogP contribution < -0.4 is 5.32 Å². The van der Waals surface area contributed by atoms with Crippen LogP contribution in [-0.2, 0) is 12.1 Å². The largest absolute Gasteiger partial charge is 0.325 e. The third-order valence-electron chi connectivity index (χ3n) is 6.21. The van der Waals surface area contributed by atoms with Gasteiger partial charge in [0.25, 0.3) is 0 Å². The zero-order valence-electron chi connectivity index (χ0n) is 18.5. The Morgan fingerprint density at radius 1 is 0.839 bits per heavy atom. The standard InChI is InChI=1S/C27H31N3O/c1-30(2,21-23-13-6-3-7-14-23)20-12-19-29-22-27(28-26(29)31,24-15-8-4-9-16-24)25-17-10-5-11-18-25/h3-11,13-18H,12,19-22H2,1-2H3/p+1. The molecular formula is C27H32N3O+. The second-order valence-corrected chi connectivity index (χ2v) is 9.15. The summed E-state index contributed by atoms with van der Waals surface area (Å²) in [6.45, 7) is 3.41. The van der Waals surface area contributed by atoms with Gasteiger partial charge >= 0.3 is 6.03 Å². The lowest BCUT2D eigenvalue weighted by Crippen LogP contribution is -2.41. The van der Waals surface area contributed by atoms with Crippen molar-refractivity contribution in [3.63, 3.8) is 0 Å². The van der Waals surface area contributed by atoms with Crippen LogP contribution in [0.2, 0.25) is 0 Å². The molecule has 0 atom stereocenters. The summed E-state index contributed by atoms with van der Waals surface area (Å²) in [5, 5.41) is 3.32. The first-order valence-corrected chi connectivity index (χ1v) is 11.0. The Labute approximate surface area is 185 Å². The van der Waals surface area contributed by atoms with E-state index in [2.05, 4.69) is 74.0 Å². The minimum atomic E-state index is -0.506. The third kappa shape index (κ3) is 4.80. The van der Waals surface area contributed by atoms with Gasteiger partial charge in [0, 0.05) is 18.5 Å². The molecule has 1 heterocycles. The second-order valence-electron chi connectivity index (χ2n) is 9.15. The summed E-state index contributed by atoms with van der Waals surface area (Å²) in [6.07, 6.45) is 0.965. The zero-order valence-corrected chi connectivity index (χ0v) is 18.5. The van der Waals surface area contributed by atoms with E-state index in [1.165, 1.54) is 5.56 Å². The van der Waals surface area contributed by atoms with Gasteiger partial charge < -0.3 is 14.7 Å². The molecule has 0 saturated carbocycles. The summed E-state index contributed by atoms with van der Waals surface area (Å²) in [4.78, 5) is 15.0. The van der Waals surface area contributed by atoms with Crippen molar-refractivity contribution >= 4 is 6.03 Å². The van der Waals surface area contributed by atoms with Crippen LogP contribution in [0.4, 0.5) is 4.79 Å². The first-order valence-electron chi connectivity index (χ1n) is 11.0. The number of nitrogens with zero attached hydrogens (tertiary/aromatic N) is 2. The van der Waals surface area contributed by atoms with E-state index in [9.17, 15) is 4.79 Å². The van der Waals surface area contributed by atoms with Gasteiger partial charge in [-0.15, -0.1) is 0 Å². The predicted molar refractivity (Wildman–Crippen MR) is 126 cm³/mol. The van der Waals surface area contributed by atoms with Crippen molar-refractivity contribution in [2.45, 2.75) is 18.5 Å². The van der Waals surface area contributed by atoms with Gasteiger partial charge in [-0.25, -0.2) is 4.79 Å². The Morgan fingerprint density at radius 3 is 1.90 bits per heavy atom. The third-order valence-corrected chi connectivity index (χ3v) is 6.21. The monoisotopic (exact) mass is 414 g/mol. The van der Waals surface area contributed by atoms with E-state index in [1.54, 1.807) is 0 Å². The molecule has 0 unspecified atom stereocenters. The minimum Gasteiger partial charge on any atom is -0.325 e. The van der Waals surface area contributed by atoms with Gasteiger partial charge in [-0.1, -0.05) is 91.0 Å². The lowest BCUT2D eigenvalue weighted by Gasteiger charge is -2.31. The molecule has 0 radical (unpaired) electrons. The quantitative estimate of drug-likeness (QED) is 0.536. The van der Waals surface area contributed by atoms with Crippen LogP contribution in [0.5, 0.6) is 0 Å². The smallest absolute Gasteiger partial charge is 0.318 e. The van der Waals surface area contributed by atoms with Crippen LogP contribution in [0.25, 0.3) is 0 Å². The number of rotatable bonds is 8. The number of quaternary nitrogens is 1. The number of amides is 2. The number of benzene rings is 3. The highest BCUT2D eigenvalue weighted by atomic mass is 16.2. The maximum atomic E-state index is 13.0. The van der Waals surface area contributed by atoms with Gasteiger partial charge in [0.15, 0.2) is 0 Å². The molecule has 3 aromatic carbocycles. The van der Waals surface area contributed by atoms with Gasteiger partial charge in [-0.2, -0.15) is 0 Å². The molecule has 31 heavy (non-hydrogen) atoms. The van der Waals surface area contributed by atoms with Crippen LogP contribution in [0.3, 0.4) is 0 Å². The normalized spacial score (nSPS) is 15.7. The Hall–Kier alpha value is -3.11. The van der Waals surface area contributed by atoms with Crippen LogP contribution in [0.15, 0.2) is 91.0 Å². The molecule has 1 saturated heterocycles. The summed E-state index contributed by atoms with van der Waals surface area (Å²) >= 11 is 0. The molecule has 1 aliphatic rings. The Morgan fingerprint density at radius 2 is 1.35 bits per heavy atom. The summed E-state index contributed by atoms with van der Waals surface area (Å²) in [6, 6.07) is 31.3. The summed E-state index contributed by atoms with van der Waals surface area (Å²) < 4.78 is 0.905. The topological polar surface area (TPSA) is 32.3 Å². The molecule has 0 aromatic heterocycles. The van der Waals surface area contributed by atoms with Crippen molar-refractivity contribution in [1.82, 2.24) is 10.2 Å². The molecular weight excluding hydrogens is 382 g/mol. The van der Waals surface area contributed by atoms with Crippen molar-refractivity contribution < 1.29 is 9.28 Å². The maximum absolute atomic E-state index is 13.0.